The van der Waals surface area contributed by atoms with Crippen LogP contribution in [0.4, 0.5) is 4.79 Å². The monoisotopic (exact) mass is 287 g/mol. The first-order valence-corrected chi connectivity index (χ1v) is 6.55. The van der Waals surface area contributed by atoms with E-state index in [1.807, 2.05) is 20.8 Å². The number of urea groups is 1. The summed E-state index contributed by atoms with van der Waals surface area (Å²) in [7, 11) is 1.47. The van der Waals surface area contributed by atoms with Crippen LogP contribution < -0.4 is 16.0 Å². The summed E-state index contributed by atoms with van der Waals surface area (Å²) >= 11 is 0. The lowest BCUT2D eigenvalue weighted by molar-refractivity contribution is -0.142. The van der Waals surface area contributed by atoms with Gasteiger partial charge in [-0.25, -0.2) is 4.79 Å². The first-order valence-electron chi connectivity index (χ1n) is 6.55. The van der Waals surface area contributed by atoms with Gasteiger partial charge >= 0.3 is 12.0 Å². The van der Waals surface area contributed by atoms with Crippen molar-refractivity contribution < 1.29 is 19.5 Å². The van der Waals surface area contributed by atoms with E-state index in [1.54, 1.807) is 6.92 Å². The lowest BCUT2D eigenvalue weighted by Gasteiger charge is -2.23. The minimum absolute atomic E-state index is 0.0267. The third-order valence-electron chi connectivity index (χ3n) is 2.70. The average Bonchev–Trinajstić information content (AvgIpc) is 2.31. The standard InChI is InChI=1S/C13H25N3O4/c1-8(10(17)14-5)16-12(20)15-7-9(11(18)19)6-13(2,3)4/h8-9H,6-7H2,1-5H3,(H,14,17)(H,18,19)(H2,15,16,20). The minimum Gasteiger partial charge on any atom is -0.481 e. The average molecular weight is 287 g/mol. The SMILES string of the molecule is CNC(=O)C(C)NC(=O)NCC(CC(C)(C)C)C(=O)O. The highest BCUT2D eigenvalue weighted by Gasteiger charge is 2.25. The molecule has 0 aliphatic rings. The van der Waals surface area contributed by atoms with E-state index in [0.717, 1.165) is 0 Å². The summed E-state index contributed by atoms with van der Waals surface area (Å²) in [4.78, 5) is 33.9. The number of carboxylic acid groups (broad SMARTS) is 1. The Morgan fingerprint density at radius 2 is 1.75 bits per heavy atom. The van der Waals surface area contributed by atoms with E-state index in [0.29, 0.717) is 6.42 Å². The minimum atomic E-state index is -0.945. The van der Waals surface area contributed by atoms with Gasteiger partial charge in [-0.3, -0.25) is 9.59 Å². The van der Waals surface area contributed by atoms with E-state index in [4.69, 9.17) is 5.11 Å². The first-order chi connectivity index (χ1) is 9.06. The van der Waals surface area contributed by atoms with Crippen LogP contribution in [0, 0.1) is 11.3 Å². The predicted molar refractivity (Wildman–Crippen MR) is 75.3 cm³/mol. The quantitative estimate of drug-likeness (QED) is 0.572. The first kappa shape index (κ1) is 18.2. The number of nitrogens with one attached hydrogen (secondary N) is 3. The number of carbonyl (C=O) groups is 3. The van der Waals surface area contributed by atoms with Crippen LogP contribution in [0.1, 0.15) is 34.1 Å². The second-order valence-electron chi connectivity index (χ2n) is 5.99. The maximum Gasteiger partial charge on any atom is 0.315 e. The van der Waals surface area contributed by atoms with Crippen molar-refractivity contribution in [3.05, 3.63) is 0 Å². The van der Waals surface area contributed by atoms with E-state index < -0.39 is 24.0 Å². The molecule has 0 heterocycles. The highest BCUT2D eigenvalue weighted by molar-refractivity contribution is 5.86. The number of aliphatic carboxylic acids is 1. The van der Waals surface area contributed by atoms with E-state index in [-0.39, 0.29) is 17.9 Å². The molecule has 2 unspecified atom stereocenters. The van der Waals surface area contributed by atoms with Gasteiger partial charge in [-0.15, -0.1) is 0 Å². The van der Waals surface area contributed by atoms with Crippen LogP contribution in [0.15, 0.2) is 0 Å². The van der Waals surface area contributed by atoms with Crippen LogP contribution in [0.5, 0.6) is 0 Å². The molecule has 4 N–H and O–H groups in total. The topological polar surface area (TPSA) is 108 Å². The van der Waals surface area contributed by atoms with E-state index in [9.17, 15) is 14.4 Å². The fourth-order valence-corrected chi connectivity index (χ4v) is 1.73. The molecule has 0 rings (SSSR count). The number of rotatable bonds is 6. The van der Waals surface area contributed by atoms with Gasteiger partial charge in [0.2, 0.25) is 5.91 Å². The zero-order valence-electron chi connectivity index (χ0n) is 12.7. The molecule has 0 aromatic carbocycles. The lowest BCUT2D eigenvalue weighted by Crippen LogP contribution is -2.49. The molecule has 0 radical (unpaired) electrons. The summed E-state index contributed by atoms with van der Waals surface area (Å²) in [6, 6.07) is -1.23. The largest absolute Gasteiger partial charge is 0.481 e. The summed E-state index contributed by atoms with van der Waals surface area (Å²) in [6.07, 6.45) is 0.452. The molecule has 0 spiro atoms. The van der Waals surface area contributed by atoms with Gasteiger partial charge < -0.3 is 21.1 Å². The highest BCUT2D eigenvalue weighted by Crippen LogP contribution is 2.24. The molecule has 20 heavy (non-hydrogen) atoms. The van der Waals surface area contributed by atoms with Gasteiger partial charge in [-0.1, -0.05) is 20.8 Å². The van der Waals surface area contributed by atoms with Gasteiger partial charge in [0, 0.05) is 13.6 Å². The van der Waals surface area contributed by atoms with Crippen molar-refractivity contribution in [2.24, 2.45) is 11.3 Å². The fraction of sp³-hybridized carbons (Fsp3) is 0.769. The molecule has 0 saturated heterocycles. The molecule has 0 aromatic rings. The molecule has 0 bridgehead atoms. The Morgan fingerprint density at radius 3 is 2.15 bits per heavy atom. The molecule has 116 valence electrons. The molecule has 0 aliphatic carbocycles. The van der Waals surface area contributed by atoms with E-state index in [2.05, 4.69) is 16.0 Å². The molecular weight excluding hydrogens is 262 g/mol. The van der Waals surface area contributed by atoms with Crippen molar-refractivity contribution in [1.29, 1.82) is 0 Å². The van der Waals surface area contributed by atoms with Crippen LogP contribution in [0.3, 0.4) is 0 Å². The van der Waals surface area contributed by atoms with Crippen molar-refractivity contribution in [1.82, 2.24) is 16.0 Å². The summed E-state index contributed by atoms with van der Waals surface area (Å²) in [5.74, 6) is -1.92. The third kappa shape index (κ3) is 7.60. The van der Waals surface area contributed by atoms with Crippen LogP contribution in [-0.4, -0.2) is 42.6 Å². The maximum atomic E-state index is 11.6. The molecule has 0 fully saturated rings. The van der Waals surface area contributed by atoms with Crippen LogP contribution >= 0.6 is 0 Å². The van der Waals surface area contributed by atoms with Gasteiger partial charge in [0.05, 0.1) is 5.92 Å². The van der Waals surface area contributed by atoms with Crippen molar-refractivity contribution in [2.75, 3.05) is 13.6 Å². The number of amides is 3. The number of carboxylic acids is 1. The van der Waals surface area contributed by atoms with Crippen LogP contribution in [0.2, 0.25) is 0 Å². The van der Waals surface area contributed by atoms with Gasteiger partial charge in [0.25, 0.3) is 0 Å². The highest BCUT2D eigenvalue weighted by atomic mass is 16.4. The Labute approximate surface area is 119 Å². The second-order valence-corrected chi connectivity index (χ2v) is 5.99. The summed E-state index contributed by atoms with van der Waals surface area (Å²) < 4.78 is 0. The smallest absolute Gasteiger partial charge is 0.315 e. The number of likely N-dealkylation sites (N-methyl/N-ethyl adjacent to an activating group) is 1. The van der Waals surface area contributed by atoms with Gasteiger partial charge in [0.15, 0.2) is 0 Å². The van der Waals surface area contributed by atoms with Gasteiger partial charge in [-0.2, -0.15) is 0 Å². The molecule has 7 heteroatoms. The number of carbonyl (C=O) groups excluding carboxylic acids is 2. The van der Waals surface area contributed by atoms with Crippen LogP contribution in [-0.2, 0) is 9.59 Å². The van der Waals surface area contributed by atoms with E-state index in [1.165, 1.54) is 7.05 Å². The van der Waals surface area contributed by atoms with Crippen molar-refractivity contribution >= 4 is 17.9 Å². The van der Waals surface area contributed by atoms with Crippen molar-refractivity contribution in [3.8, 4) is 0 Å². The predicted octanol–water partition coefficient (Wildman–Crippen LogP) is 0.557. The molecule has 2 atom stereocenters. The molecular formula is C13H25N3O4. The Kier molecular flexibility index (Phi) is 7.02. The summed E-state index contributed by atoms with van der Waals surface area (Å²) in [6.45, 7) is 7.39. The molecule has 0 aromatic heterocycles. The van der Waals surface area contributed by atoms with Gasteiger partial charge in [-0.05, 0) is 18.8 Å². The molecule has 7 nitrogen and oxygen atoms in total. The lowest BCUT2D eigenvalue weighted by atomic mass is 9.84. The zero-order chi connectivity index (χ0) is 15.9. The Morgan fingerprint density at radius 1 is 1.20 bits per heavy atom. The number of hydrogen-bond acceptors (Lipinski definition) is 3. The normalized spacial score (nSPS) is 14.1. The molecule has 3 amide bonds. The second kappa shape index (κ2) is 7.72. The number of hydrogen-bond donors (Lipinski definition) is 4. The van der Waals surface area contributed by atoms with Crippen molar-refractivity contribution in [3.63, 3.8) is 0 Å². The van der Waals surface area contributed by atoms with Crippen LogP contribution in [0.25, 0.3) is 0 Å². The van der Waals surface area contributed by atoms with Gasteiger partial charge in [0.1, 0.15) is 6.04 Å². The zero-order valence-corrected chi connectivity index (χ0v) is 12.7. The fourth-order valence-electron chi connectivity index (χ4n) is 1.73. The molecule has 0 aliphatic heterocycles. The summed E-state index contributed by atoms with van der Waals surface area (Å²) in [5.41, 5.74) is -0.142. The Bertz CT molecular complexity index is 363. The molecule has 0 saturated carbocycles. The summed E-state index contributed by atoms with van der Waals surface area (Å²) in [5, 5.41) is 16.4. The Hall–Kier alpha value is -1.79. The third-order valence-corrected chi connectivity index (χ3v) is 2.70. The van der Waals surface area contributed by atoms with E-state index >= 15 is 0 Å². The Balaban J connectivity index is 4.32. The van der Waals surface area contributed by atoms with Crippen molar-refractivity contribution in [2.45, 2.75) is 40.2 Å². The maximum absolute atomic E-state index is 11.6.